The van der Waals surface area contributed by atoms with Crippen LogP contribution in [-0.4, -0.2) is 33.1 Å². The molecule has 20 heavy (non-hydrogen) atoms. The lowest BCUT2D eigenvalue weighted by Crippen LogP contribution is -2.43. The lowest BCUT2D eigenvalue weighted by Gasteiger charge is -2.27. The molecule has 1 fully saturated rings. The molecule has 1 aliphatic rings. The molecule has 1 N–H and O–H groups in total. The van der Waals surface area contributed by atoms with Crippen LogP contribution in [0.3, 0.4) is 0 Å². The number of hydrogen-bond acceptors (Lipinski definition) is 4. The van der Waals surface area contributed by atoms with Crippen LogP contribution in [0.5, 0.6) is 0 Å². The maximum absolute atomic E-state index is 14.3. The van der Waals surface area contributed by atoms with Gasteiger partial charge in [0.1, 0.15) is 16.6 Å². The molecular weight excluding hydrogens is 349 g/mol. The third-order valence-corrected chi connectivity index (χ3v) is 4.84. The van der Waals surface area contributed by atoms with Gasteiger partial charge in [-0.15, -0.1) is 5.10 Å². The molecule has 8 heteroatoms. The monoisotopic (exact) mass is 355 g/mol. The van der Waals surface area contributed by atoms with E-state index in [0.717, 1.165) is 18.6 Å². The first-order valence-corrected chi connectivity index (χ1v) is 7.21. The second-order valence-corrected chi connectivity index (χ2v) is 5.92. The van der Waals surface area contributed by atoms with Crippen molar-refractivity contribution in [1.29, 1.82) is 0 Å². The highest BCUT2D eigenvalue weighted by Gasteiger charge is 2.24. The largest absolute Gasteiger partial charge is 0.312 e. The van der Waals surface area contributed by atoms with Crippen LogP contribution < -0.4 is 5.32 Å². The zero-order valence-corrected chi connectivity index (χ0v) is 12.4. The third kappa shape index (κ3) is 1.60. The fourth-order valence-electron chi connectivity index (χ4n) is 2.37. The molecule has 5 nitrogen and oxygen atoms in total. The van der Waals surface area contributed by atoms with E-state index in [2.05, 4.69) is 36.5 Å². The number of rotatable bonds is 1. The maximum atomic E-state index is 14.3. The van der Waals surface area contributed by atoms with Gasteiger partial charge in [0.15, 0.2) is 5.82 Å². The second-order valence-electron chi connectivity index (χ2n) is 4.72. The molecule has 0 unspecified atom stereocenters. The van der Waals surface area contributed by atoms with E-state index in [1.54, 1.807) is 6.07 Å². The van der Waals surface area contributed by atoms with E-state index in [1.807, 2.05) is 4.68 Å². The summed E-state index contributed by atoms with van der Waals surface area (Å²) in [5.74, 6) is -0.464. The van der Waals surface area contributed by atoms with Crippen molar-refractivity contribution in [1.82, 2.24) is 25.3 Å². The predicted octanol–water partition coefficient (Wildman–Crippen LogP) is 2.68. The normalized spacial score (nSPS) is 15.9. The van der Waals surface area contributed by atoms with E-state index in [4.69, 9.17) is 11.6 Å². The Hall–Kier alpha value is -1.31. The minimum absolute atomic E-state index is 0.225. The molecule has 1 aromatic carbocycles. The summed E-state index contributed by atoms with van der Waals surface area (Å²) in [7, 11) is 0. The van der Waals surface area contributed by atoms with Crippen LogP contribution in [-0.2, 0) is 0 Å². The molecule has 0 amide bonds. The van der Waals surface area contributed by atoms with Crippen molar-refractivity contribution < 1.29 is 4.39 Å². The van der Waals surface area contributed by atoms with Gasteiger partial charge >= 0.3 is 0 Å². The van der Waals surface area contributed by atoms with Gasteiger partial charge in [0, 0.05) is 18.5 Å². The Balaban J connectivity index is 2.14. The van der Waals surface area contributed by atoms with Crippen LogP contribution in [0, 0.1) is 5.82 Å². The molecule has 0 bridgehead atoms. The van der Waals surface area contributed by atoms with Crippen molar-refractivity contribution in [3.8, 4) is 0 Å². The molecule has 0 aliphatic carbocycles. The van der Waals surface area contributed by atoms with Gasteiger partial charge in [-0.1, -0.05) is 16.8 Å². The van der Waals surface area contributed by atoms with Crippen LogP contribution >= 0.6 is 27.5 Å². The number of fused-ring (bicyclic) bond motifs is 3. The van der Waals surface area contributed by atoms with Crippen molar-refractivity contribution >= 4 is 49.5 Å². The fourth-order valence-corrected chi connectivity index (χ4v) is 2.87. The minimum atomic E-state index is -0.464. The summed E-state index contributed by atoms with van der Waals surface area (Å²) in [6, 6.07) is 1.93. The summed E-state index contributed by atoms with van der Waals surface area (Å²) in [5.41, 5.74) is 1.68. The number of pyridine rings is 1. The van der Waals surface area contributed by atoms with Crippen LogP contribution in [0.25, 0.3) is 21.9 Å². The summed E-state index contributed by atoms with van der Waals surface area (Å²) in [6.45, 7) is 1.66. The van der Waals surface area contributed by atoms with E-state index < -0.39 is 5.82 Å². The zero-order valence-electron chi connectivity index (χ0n) is 10.1. The van der Waals surface area contributed by atoms with Crippen molar-refractivity contribution in [3.63, 3.8) is 0 Å². The molecule has 3 heterocycles. The molecule has 1 aliphatic heterocycles. The van der Waals surface area contributed by atoms with E-state index in [-0.39, 0.29) is 16.0 Å². The predicted molar refractivity (Wildman–Crippen MR) is 77.4 cm³/mol. The van der Waals surface area contributed by atoms with Crippen molar-refractivity contribution in [2.24, 2.45) is 0 Å². The molecule has 0 atom stereocenters. The number of benzene rings is 1. The average Bonchev–Trinajstić information content (AvgIpc) is 2.78. The van der Waals surface area contributed by atoms with E-state index in [1.165, 1.54) is 6.20 Å². The number of aromatic nitrogens is 4. The molecule has 3 aromatic rings. The van der Waals surface area contributed by atoms with E-state index >= 15 is 0 Å². The number of hydrogen-bond donors (Lipinski definition) is 1. The van der Waals surface area contributed by atoms with E-state index in [0.29, 0.717) is 15.9 Å². The number of halogens is 3. The van der Waals surface area contributed by atoms with Gasteiger partial charge in [0.05, 0.1) is 21.7 Å². The zero-order chi connectivity index (χ0) is 13.9. The quantitative estimate of drug-likeness (QED) is 0.681. The molecule has 2 aromatic heterocycles. The Morgan fingerprint density at radius 2 is 2.25 bits per heavy atom. The topological polar surface area (TPSA) is 55.6 Å². The maximum Gasteiger partial charge on any atom is 0.165 e. The molecule has 1 saturated heterocycles. The summed E-state index contributed by atoms with van der Waals surface area (Å²) in [4.78, 5) is 4.13. The molecular formula is C12H8BrClFN5. The van der Waals surface area contributed by atoms with Gasteiger partial charge in [0.25, 0.3) is 0 Å². The van der Waals surface area contributed by atoms with E-state index in [9.17, 15) is 4.39 Å². The highest BCUT2D eigenvalue weighted by Crippen LogP contribution is 2.34. The molecule has 102 valence electrons. The average molecular weight is 357 g/mol. The second kappa shape index (κ2) is 4.34. The first kappa shape index (κ1) is 12.4. The standard InChI is InChI=1S/C12H8BrClFN5/c13-9-7(14)1-6-11(10(9)15)17-4-8-12(6)20(19-18-8)5-2-16-3-5/h1,4-5,16H,2-3H2. The van der Waals surface area contributed by atoms with Gasteiger partial charge in [-0.2, -0.15) is 0 Å². The minimum Gasteiger partial charge on any atom is -0.312 e. The molecule has 4 rings (SSSR count). The fraction of sp³-hybridized carbons (Fsp3) is 0.250. The first-order valence-electron chi connectivity index (χ1n) is 6.04. The summed E-state index contributed by atoms with van der Waals surface area (Å²) in [6.07, 6.45) is 1.54. The SMILES string of the molecule is Fc1c(Br)c(Cl)cc2c1ncc1nnn(C3CNC3)c12. The van der Waals surface area contributed by atoms with Crippen LogP contribution in [0.15, 0.2) is 16.7 Å². The summed E-state index contributed by atoms with van der Waals surface area (Å²) >= 11 is 9.20. The summed E-state index contributed by atoms with van der Waals surface area (Å²) < 4.78 is 16.3. The van der Waals surface area contributed by atoms with Gasteiger partial charge in [-0.3, -0.25) is 4.98 Å². The van der Waals surface area contributed by atoms with Crippen molar-refractivity contribution in [2.45, 2.75) is 6.04 Å². The molecule has 0 spiro atoms. The van der Waals surface area contributed by atoms with Gasteiger partial charge in [-0.25, -0.2) is 9.07 Å². The Labute approximate surface area is 126 Å². The smallest absolute Gasteiger partial charge is 0.165 e. The van der Waals surface area contributed by atoms with Gasteiger partial charge in [-0.05, 0) is 22.0 Å². The highest BCUT2D eigenvalue weighted by molar-refractivity contribution is 9.10. The number of nitrogens with zero attached hydrogens (tertiary/aromatic N) is 4. The summed E-state index contributed by atoms with van der Waals surface area (Å²) in [5, 5.41) is 12.4. The third-order valence-electron chi connectivity index (χ3n) is 3.53. The number of nitrogens with one attached hydrogen (secondary N) is 1. The van der Waals surface area contributed by atoms with Gasteiger partial charge < -0.3 is 5.32 Å². The Morgan fingerprint density at radius 3 is 2.95 bits per heavy atom. The highest BCUT2D eigenvalue weighted by atomic mass is 79.9. The Morgan fingerprint density at radius 1 is 1.45 bits per heavy atom. The van der Waals surface area contributed by atoms with Crippen LogP contribution in [0.1, 0.15) is 6.04 Å². The van der Waals surface area contributed by atoms with Crippen LogP contribution in [0.4, 0.5) is 4.39 Å². The Bertz CT molecular complexity index is 845. The molecule has 0 saturated carbocycles. The van der Waals surface area contributed by atoms with Crippen molar-refractivity contribution in [2.75, 3.05) is 13.1 Å². The Kier molecular flexibility index (Phi) is 2.70. The first-order chi connectivity index (χ1) is 9.66. The van der Waals surface area contributed by atoms with Crippen molar-refractivity contribution in [3.05, 3.63) is 27.6 Å². The van der Waals surface area contributed by atoms with Gasteiger partial charge in [0.2, 0.25) is 0 Å². The molecule has 0 radical (unpaired) electrons. The lowest BCUT2D eigenvalue weighted by atomic mass is 10.1. The van der Waals surface area contributed by atoms with Crippen LogP contribution in [0.2, 0.25) is 5.02 Å². The lowest BCUT2D eigenvalue weighted by molar-refractivity contribution is 0.321.